The molecule has 1 saturated heterocycles. The Hall–Kier alpha value is -3.12. The van der Waals surface area contributed by atoms with E-state index in [0.29, 0.717) is 34.0 Å². The van der Waals surface area contributed by atoms with Crippen molar-refractivity contribution in [1.82, 2.24) is 9.47 Å². The van der Waals surface area contributed by atoms with Crippen LogP contribution in [0.25, 0.3) is 10.9 Å². The summed E-state index contributed by atoms with van der Waals surface area (Å²) in [6, 6.07) is 22.0. The summed E-state index contributed by atoms with van der Waals surface area (Å²) in [4.78, 5) is 16.3. The van der Waals surface area contributed by atoms with E-state index >= 15 is 0 Å². The second-order valence-electron chi connectivity index (χ2n) is 14.1. The van der Waals surface area contributed by atoms with Crippen LogP contribution in [0.2, 0.25) is 10.0 Å². The van der Waals surface area contributed by atoms with Gasteiger partial charge in [0.25, 0.3) is 0 Å². The largest absolute Gasteiger partial charge is 0.494 e. The zero-order valence-electron chi connectivity index (χ0n) is 28.2. The minimum atomic E-state index is 0.0134. The SMILES string of the molecule is CC1C[C@H]1c1cccc2c(C(=O)CC(=N)Cc3ccc(Cl)c(Cl)c3)cn(CCCCC3CCCN(CCCOc4ccccc4)CC3)c12. The third kappa shape index (κ3) is 9.11. The first-order valence-corrected chi connectivity index (χ1v) is 18.7. The van der Waals surface area contributed by atoms with Crippen molar-refractivity contribution in [2.45, 2.75) is 83.6 Å². The highest BCUT2D eigenvalue weighted by Gasteiger charge is 2.36. The van der Waals surface area contributed by atoms with Gasteiger partial charge in [0.15, 0.2) is 5.78 Å². The van der Waals surface area contributed by atoms with Crippen LogP contribution in [0.4, 0.5) is 0 Å². The molecule has 2 fully saturated rings. The highest BCUT2D eigenvalue weighted by Crippen LogP contribution is 2.49. The Morgan fingerprint density at radius 2 is 1.77 bits per heavy atom. The average Bonchev–Trinajstić information content (AvgIpc) is 3.76. The van der Waals surface area contributed by atoms with Gasteiger partial charge in [-0.15, -0.1) is 0 Å². The molecule has 48 heavy (non-hydrogen) atoms. The minimum absolute atomic E-state index is 0.0134. The molecule has 0 amide bonds. The molecule has 1 aliphatic carbocycles. The number of carbonyl (C=O) groups is 1. The first-order valence-electron chi connectivity index (χ1n) is 17.9. The van der Waals surface area contributed by atoms with Crippen molar-refractivity contribution in [1.29, 1.82) is 5.41 Å². The molecule has 1 N–H and O–H groups in total. The third-order valence-electron chi connectivity index (χ3n) is 10.3. The Labute approximate surface area is 296 Å². The smallest absolute Gasteiger partial charge is 0.170 e. The van der Waals surface area contributed by atoms with Crippen molar-refractivity contribution in [2.75, 3.05) is 26.2 Å². The van der Waals surface area contributed by atoms with Gasteiger partial charge in [-0.3, -0.25) is 4.79 Å². The number of fused-ring (bicyclic) bond motifs is 1. The Kier molecular flexibility index (Phi) is 12.0. The van der Waals surface area contributed by atoms with E-state index in [1.165, 1.54) is 62.7 Å². The molecule has 3 atom stereocenters. The van der Waals surface area contributed by atoms with E-state index in [1.807, 2.05) is 36.4 Å². The zero-order valence-corrected chi connectivity index (χ0v) is 29.7. The Morgan fingerprint density at radius 3 is 2.56 bits per heavy atom. The van der Waals surface area contributed by atoms with Gasteiger partial charge in [0.2, 0.25) is 0 Å². The summed E-state index contributed by atoms with van der Waals surface area (Å²) in [6.07, 6.45) is 12.3. The molecule has 254 valence electrons. The number of ether oxygens (including phenoxy) is 1. The number of unbranched alkanes of at least 4 members (excludes halogenated alkanes) is 1. The number of carbonyl (C=O) groups excluding carboxylic acids is 1. The van der Waals surface area contributed by atoms with Crippen LogP contribution >= 0.6 is 23.2 Å². The average molecular weight is 687 g/mol. The summed E-state index contributed by atoms with van der Waals surface area (Å²) in [5, 5.41) is 10.6. The molecular formula is C41H49Cl2N3O2. The van der Waals surface area contributed by atoms with E-state index < -0.39 is 0 Å². The van der Waals surface area contributed by atoms with Crippen LogP contribution in [-0.2, 0) is 13.0 Å². The van der Waals surface area contributed by atoms with E-state index in [1.54, 1.807) is 12.1 Å². The van der Waals surface area contributed by atoms with Crippen molar-refractivity contribution >= 4 is 45.6 Å². The van der Waals surface area contributed by atoms with E-state index in [9.17, 15) is 4.79 Å². The van der Waals surface area contributed by atoms with Gasteiger partial charge < -0.3 is 19.6 Å². The van der Waals surface area contributed by atoms with Crippen LogP contribution in [0.3, 0.4) is 0 Å². The van der Waals surface area contributed by atoms with Gasteiger partial charge in [0.05, 0.1) is 22.2 Å². The lowest BCUT2D eigenvalue weighted by molar-refractivity contribution is 0.100. The first kappa shape index (κ1) is 34.7. The molecule has 6 rings (SSSR count). The lowest BCUT2D eigenvalue weighted by atomic mass is 9.94. The van der Waals surface area contributed by atoms with Crippen molar-refractivity contribution in [2.24, 2.45) is 11.8 Å². The number of ketones is 1. The summed E-state index contributed by atoms with van der Waals surface area (Å²) in [5.74, 6) is 3.01. The zero-order chi connectivity index (χ0) is 33.5. The molecule has 0 spiro atoms. The number of hydrogen-bond acceptors (Lipinski definition) is 4. The molecule has 5 nitrogen and oxygen atoms in total. The van der Waals surface area contributed by atoms with Crippen LogP contribution in [-0.4, -0.2) is 47.2 Å². The molecule has 2 unspecified atom stereocenters. The maximum absolute atomic E-state index is 13.7. The lowest BCUT2D eigenvalue weighted by Gasteiger charge is -2.20. The molecule has 1 aliphatic heterocycles. The second-order valence-corrected chi connectivity index (χ2v) is 14.9. The number of likely N-dealkylation sites (tertiary alicyclic amines) is 1. The van der Waals surface area contributed by atoms with E-state index in [2.05, 4.69) is 40.8 Å². The molecule has 4 aromatic rings. The Morgan fingerprint density at radius 1 is 0.938 bits per heavy atom. The number of aryl methyl sites for hydroxylation is 1. The number of benzene rings is 3. The van der Waals surface area contributed by atoms with Gasteiger partial charge >= 0.3 is 0 Å². The number of hydrogen-bond donors (Lipinski definition) is 1. The molecule has 1 aromatic heterocycles. The standard InChI is InChI=1S/C41H49Cl2N3O2/c1-29-24-36(29)34-14-7-15-35-37(40(47)27-32(44)25-31-16-17-38(42)39(43)26-31)28-46(41(34)35)21-6-5-10-30-11-8-19-45(22-18-30)20-9-23-48-33-12-3-2-4-13-33/h2-4,7,12-17,26,28-30,36,44H,5-6,8-11,18-25,27H2,1H3/t29?,30?,36-/m1/s1. The van der Waals surface area contributed by atoms with Crippen LogP contribution in [0.1, 0.15) is 92.1 Å². The highest BCUT2D eigenvalue weighted by atomic mass is 35.5. The molecule has 3 aromatic carbocycles. The van der Waals surface area contributed by atoms with Crippen molar-refractivity contribution in [3.63, 3.8) is 0 Å². The van der Waals surface area contributed by atoms with E-state index in [-0.39, 0.29) is 12.2 Å². The Balaban J connectivity index is 1.02. The number of nitrogens with one attached hydrogen (secondary N) is 1. The molecule has 1 saturated carbocycles. The van der Waals surface area contributed by atoms with Crippen LogP contribution in [0, 0.1) is 17.2 Å². The summed E-state index contributed by atoms with van der Waals surface area (Å²) in [5.41, 5.74) is 4.63. The minimum Gasteiger partial charge on any atom is -0.494 e. The van der Waals surface area contributed by atoms with Crippen molar-refractivity contribution < 1.29 is 9.53 Å². The van der Waals surface area contributed by atoms with Crippen molar-refractivity contribution in [3.05, 3.63) is 99.7 Å². The van der Waals surface area contributed by atoms with E-state index in [0.717, 1.165) is 60.7 Å². The quantitative estimate of drug-likeness (QED) is 0.0725. The molecule has 7 heteroatoms. The lowest BCUT2D eigenvalue weighted by Crippen LogP contribution is -2.27. The maximum atomic E-state index is 13.7. The fourth-order valence-electron chi connectivity index (χ4n) is 7.54. The van der Waals surface area contributed by atoms with Crippen LogP contribution < -0.4 is 4.74 Å². The first-order chi connectivity index (χ1) is 23.4. The monoisotopic (exact) mass is 685 g/mol. The molecule has 2 heterocycles. The summed E-state index contributed by atoms with van der Waals surface area (Å²) < 4.78 is 8.26. The summed E-state index contributed by atoms with van der Waals surface area (Å²) >= 11 is 12.3. The molecule has 0 radical (unpaired) electrons. The van der Waals surface area contributed by atoms with Crippen LogP contribution in [0.15, 0.2) is 72.9 Å². The van der Waals surface area contributed by atoms with Gasteiger partial charge in [-0.05, 0) is 105 Å². The van der Waals surface area contributed by atoms with Gasteiger partial charge in [-0.1, -0.05) is 85.4 Å². The van der Waals surface area contributed by atoms with Gasteiger partial charge in [-0.2, -0.15) is 0 Å². The van der Waals surface area contributed by atoms with Crippen molar-refractivity contribution in [3.8, 4) is 5.75 Å². The fourth-order valence-corrected chi connectivity index (χ4v) is 7.86. The highest BCUT2D eigenvalue weighted by molar-refractivity contribution is 6.42. The van der Waals surface area contributed by atoms with Gasteiger partial charge in [0, 0.05) is 48.8 Å². The predicted octanol–water partition coefficient (Wildman–Crippen LogP) is 10.6. The number of para-hydroxylation sites is 2. The number of Topliss-reactive ketones (excluding diaryl/α,β-unsaturated/α-hetero) is 1. The number of aromatic nitrogens is 1. The van der Waals surface area contributed by atoms with Crippen LogP contribution in [0.5, 0.6) is 5.75 Å². The Bertz CT molecular complexity index is 1700. The van der Waals surface area contributed by atoms with E-state index in [4.69, 9.17) is 33.3 Å². The molecular weight excluding hydrogens is 637 g/mol. The summed E-state index contributed by atoms with van der Waals surface area (Å²) in [6.45, 7) is 7.50. The fraction of sp³-hybridized carbons (Fsp3) is 0.463. The topological polar surface area (TPSA) is 58.3 Å². The molecule has 0 bridgehead atoms. The number of rotatable bonds is 16. The molecule has 2 aliphatic rings. The predicted molar refractivity (Wildman–Crippen MR) is 199 cm³/mol. The maximum Gasteiger partial charge on any atom is 0.170 e. The number of nitrogens with zero attached hydrogens (tertiary/aromatic N) is 2. The normalized spacial score (nSPS) is 19.7. The van der Waals surface area contributed by atoms with Gasteiger partial charge in [-0.25, -0.2) is 0 Å². The summed E-state index contributed by atoms with van der Waals surface area (Å²) in [7, 11) is 0. The second kappa shape index (κ2) is 16.5. The third-order valence-corrected chi connectivity index (χ3v) is 11.1. The number of halogens is 2. The van der Waals surface area contributed by atoms with Gasteiger partial charge in [0.1, 0.15) is 5.75 Å².